The lowest BCUT2D eigenvalue weighted by molar-refractivity contribution is 0.0949. The summed E-state index contributed by atoms with van der Waals surface area (Å²) in [5, 5.41) is 6.53. The van der Waals surface area contributed by atoms with Gasteiger partial charge in [0.25, 0.3) is 5.91 Å². The van der Waals surface area contributed by atoms with Crippen molar-refractivity contribution in [3.05, 3.63) is 55.8 Å². The zero-order chi connectivity index (χ0) is 19.6. The Morgan fingerprint density at radius 3 is 2.81 bits per heavy atom. The maximum atomic E-state index is 12.7. The van der Waals surface area contributed by atoms with Gasteiger partial charge < -0.3 is 19.9 Å². The maximum absolute atomic E-state index is 12.7. The first-order chi connectivity index (χ1) is 12.9. The molecule has 2 aromatic rings. The Labute approximate surface area is 163 Å². The zero-order valence-electron chi connectivity index (χ0n) is 15.8. The van der Waals surface area contributed by atoms with Crippen LogP contribution in [0, 0.1) is 13.8 Å². The highest BCUT2D eigenvalue weighted by Gasteiger charge is 2.20. The number of carbonyl (C=O) groups excluding carboxylic acids is 1. The largest absolute Gasteiger partial charge is 0.478 e. The molecule has 1 amide bonds. The summed E-state index contributed by atoms with van der Waals surface area (Å²) < 4.78 is 7.72. The van der Waals surface area contributed by atoms with Gasteiger partial charge in [0.05, 0.1) is 18.7 Å². The minimum atomic E-state index is -0.274. The molecule has 0 saturated carbocycles. The average Bonchev–Trinajstić information content (AvgIpc) is 2.64. The third-order valence-electron chi connectivity index (χ3n) is 4.74. The van der Waals surface area contributed by atoms with Gasteiger partial charge in [0.15, 0.2) is 5.43 Å². The summed E-state index contributed by atoms with van der Waals surface area (Å²) in [7, 11) is 0. The first-order valence-electron chi connectivity index (χ1n) is 9.10. The van der Waals surface area contributed by atoms with Crippen LogP contribution in [0.2, 0.25) is 5.02 Å². The maximum Gasteiger partial charge on any atom is 0.251 e. The second-order valence-corrected chi connectivity index (χ2v) is 7.06. The molecule has 0 radical (unpaired) electrons. The van der Waals surface area contributed by atoms with Crippen LogP contribution in [0.5, 0.6) is 5.88 Å². The minimum absolute atomic E-state index is 0.107. The molecule has 0 aliphatic carbocycles. The fraction of sp³-hybridized carbons (Fsp3) is 0.400. The van der Waals surface area contributed by atoms with E-state index in [1.807, 2.05) is 25.3 Å². The van der Waals surface area contributed by atoms with E-state index < -0.39 is 0 Å². The molecule has 27 heavy (non-hydrogen) atoms. The van der Waals surface area contributed by atoms with Crippen molar-refractivity contribution in [2.24, 2.45) is 0 Å². The van der Waals surface area contributed by atoms with Gasteiger partial charge in [-0.1, -0.05) is 11.6 Å². The number of fused-ring (bicyclic) bond motifs is 1. The zero-order valence-corrected chi connectivity index (χ0v) is 16.6. The Hall–Kier alpha value is -2.47. The molecule has 0 atom stereocenters. The van der Waals surface area contributed by atoms with E-state index in [1.54, 1.807) is 18.2 Å². The average molecular weight is 390 g/mol. The van der Waals surface area contributed by atoms with Gasteiger partial charge in [-0.25, -0.2) is 0 Å². The summed E-state index contributed by atoms with van der Waals surface area (Å²) in [6.45, 7) is 7.95. The molecule has 7 heteroatoms. The van der Waals surface area contributed by atoms with Crippen molar-refractivity contribution in [2.45, 2.75) is 40.3 Å². The number of pyridine rings is 1. The van der Waals surface area contributed by atoms with Crippen molar-refractivity contribution >= 4 is 23.2 Å². The van der Waals surface area contributed by atoms with Gasteiger partial charge in [-0.05, 0) is 44.9 Å². The van der Waals surface area contributed by atoms with Crippen LogP contribution in [0.15, 0.2) is 23.0 Å². The van der Waals surface area contributed by atoms with Gasteiger partial charge in [-0.2, -0.15) is 0 Å². The second kappa shape index (κ2) is 8.05. The molecule has 0 unspecified atom stereocenters. The van der Waals surface area contributed by atoms with Gasteiger partial charge in [-0.15, -0.1) is 0 Å². The normalized spacial score (nSPS) is 12.9. The molecule has 1 aromatic heterocycles. The first-order valence-corrected chi connectivity index (χ1v) is 9.48. The molecule has 144 valence electrons. The van der Waals surface area contributed by atoms with E-state index in [0.717, 1.165) is 36.5 Å². The number of amides is 1. The summed E-state index contributed by atoms with van der Waals surface area (Å²) in [4.78, 5) is 25.2. The number of ether oxygens (including phenoxy) is 1. The lowest BCUT2D eigenvalue weighted by atomic mass is 10.1. The third kappa shape index (κ3) is 3.95. The molecular weight excluding hydrogens is 366 g/mol. The standard InChI is InChI=1S/C20H24ClN3O3/c1-4-22-17-10-14(21)9-15(13(17)3)19(26)23-11-16-18(25)8-12(2)24-6-5-7-27-20(16)24/h8-10,22H,4-7,11H2,1-3H3,(H,23,26). The summed E-state index contributed by atoms with van der Waals surface area (Å²) in [5.74, 6) is 0.284. The number of aryl methyl sites for hydroxylation is 1. The molecule has 0 spiro atoms. The van der Waals surface area contributed by atoms with Crippen LogP contribution in [0.4, 0.5) is 5.69 Å². The fourth-order valence-corrected chi connectivity index (χ4v) is 3.55. The lowest BCUT2D eigenvalue weighted by Gasteiger charge is -2.24. The molecule has 1 aliphatic rings. The van der Waals surface area contributed by atoms with Gasteiger partial charge in [-0.3, -0.25) is 9.59 Å². The monoisotopic (exact) mass is 389 g/mol. The molecule has 1 aromatic carbocycles. The van der Waals surface area contributed by atoms with Crippen LogP contribution >= 0.6 is 11.6 Å². The molecule has 2 heterocycles. The predicted octanol–water partition coefficient (Wildman–Crippen LogP) is 3.26. The van der Waals surface area contributed by atoms with Crippen LogP contribution in [0.3, 0.4) is 0 Å². The van der Waals surface area contributed by atoms with E-state index in [2.05, 4.69) is 10.6 Å². The Balaban J connectivity index is 1.86. The van der Waals surface area contributed by atoms with Crippen LogP contribution < -0.4 is 20.8 Å². The van der Waals surface area contributed by atoms with Crippen molar-refractivity contribution in [1.82, 2.24) is 9.88 Å². The van der Waals surface area contributed by atoms with Gasteiger partial charge >= 0.3 is 0 Å². The number of aromatic nitrogens is 1. The van der Waals surface area contributed by atoms with Crippen molar-refractivity contribution in [2.75, 3.05) is 18.5 Å². The Morgan fingerprint density at radius 1 is 1.30 bits per heavy atom. The number of nitrogens with zero attached hydrogens (tertiary/aromatic N) is 1. The summed E-state index contributed by atoms with van der Waals surface area (Å²) in [5.41, 5.74) is 3.34. The molecule has 0 fully saturated rings. The van der Waals surface area contributed by atoms with E-state index in [4.69, 9.17) is 16.3 Å². The highest BCUT2D eigenvalue weighted by atomic mass is 35.5. The van der Waals surface area contributed by atoms with E-state index in [-0.39, 0.29) is 17.9 Å². The Bertz CT molecular complexity index is 937. The van der Waals surface area contributed by atoms with Crippen molar-refractivity contribution in [1.29, 1.82) is 0 Å². The van der Waals surface area contributed by atoms with Gasteiger partial charge in [0.1, 0.15) is 0 Å². The van der Waals surface area contributed by atoms with E-state index in [9.17, 15) is 9.59 Å². The first kappa shape index (κ1) is 19.3. The molecule has 0 saturated heterocycles. The van der Waals surface area contributed by atoms with Crippen LogP contribution in [0.25, 0.3) is 0 Å². The van der Waals surface area contributed by atoms with E-state index in [0.29, 0.717) is 28.6 Å². The van der Waals surface area contributed by atoms with Crippen molar-refractivity contribution < 1.29 is 9.53 Å². The number of anilines is 1. The Kier molecular flexibility index (Phi) is 5.75. The lowest BCUT2D eigenvalue weighted by Crippen LogP contribution is -2.30. The highest BCUT2D eigenvalue weighted by Crippen LogP contribution is 2.26. The van der Waals surface area contributed by atoms with E-state index in [1.165, 1.54) is 0 Å². The number of hydrogen-bond acceptors (Lipinski definition) is 4. The second-order valence-electron chi connectivity index (χ2n) is 6.63. The third-order valence-corrected chi connectivity index (χ3v) is 4.96. The SMILES string of the molecule is CCNc1cc(Cl)cc(C(=O)NCc2c3n(c(C)cc2=O)CCCO3)c1C. The number of halogens is 1. The summed E-state index contributed by atoms with van der Waals surface area (Å²) in [6, 6.07) is 5.03. The topological polar surface area (TPSA) is 72.4 Å². The molecule has 1 aliphatic heterocycles. The molecule has 6 nitrogen and oxygen atoms in total. The smallest absolute Gasteiger partial charge is 0.251 e. The Morgan fingerprint density at radius 2 is 2.07 bits per heavy atom. The minimum Gasteiger partial charge on any atom is -0.478 e. The molecule has 2 N–H and O–H groups in total. The van der Waals surface area contributed by atoms with E-state index >= 15 is 0 Å². The number of benzene rings is 1. The predicted molar refractivity (Wildman–Crippen MR) is 107 cm³/mol. The summed E-state index contributed by atoms with van der Waals surface area (Å²) >= 11 is 6.16. The molecular formula is C20H24ClN3O3. The van der Waals surface area contributed by atoms with Gasteiger partial charge in [0.2, 0.25) is 5.88 Å². The highest BCUT2D eigenvalue weighted by molar-refractivity contribution is 6.31. The van der Waals surface area contributed by atoms with Crippen LogP contribution in [0.1, 0.15) is 40.5 Å². The van der Waals surface area contributed by atoms with Crippen LogP contribution in [-0.2, 0) is 13.1 Å². The number of nitrogens with one attached hydrogen (secondary N) is 2. The van der Waals surface area contributed by atoms with Gasteiger partial charge in [0, 0.05) is 41.1 Å². The summed E-state index contributed by atoms with van der Waals surface area (Å²) in [6.07, 6.45) is 0.900. The quantitative estimate of drug-likeness (QED) is 0.823. The number of hydrogen-bond donors (Lipinski definition) is 2. The molecule has 3 rings (SSSR count). The molecule has 0 bridgehead atoms. The van der Waals surface area contributed by atoms with Crippen molar-refractivity contribution in [3.8, 4) is 5.88 Å². The van der Waals surface area contributed by atoms with Crippen molar-refractivity contribution in [3.63, 3.8) is 0 Å². The fourth-order valence-electron chi connectivity index (χ4n) is 3.33. The van der Waals surface area contributed by atoms with Crippen LogP contribution in [-0.4, -0.2) is 23.6 Å². The number of carbonyl (C=O) groups is 1. The number of rotatable bonds is 5.